The number of carbonyl (C=O) groups is 1. The third-order valence-corrected chi connectivity index (χ3v) is 6.76. The van der Waals surface area contributed by atoms with Gasteiger partial charge >= 0.3 is 5.97 Å². The molecule has 1 fully saturated rings. The molecular weight excluding hydrogens is 426 g/mol. The molecule has 3 aromatic heterocycles. The van der Waals surface area contributed by atoms with Crippen LogP contribution in [0.1, 0.15) is 17.3 Å². The van der Waals surface area contributed by atoms with Crippen molar-refractivity contribution in [1.29, 1.82) is 0 Å². The van der Waals surface area contributed by atoms with Crippen molar-refractivity contribution in [2.75, 3.05) is 42.6 Å². The van der Waals surface area contributed by atoms with Crippen LogP contribution < -0.4 is 15.2 Å². The van der Waals surface area contributed by atoms with E-state index in [-0.39, 0.29) is 17.6 Å². The number of ether oxygens (including phenoxy) is 1. The molecule has 0 amide bonds. The first-order chi connectivity index (χ1) is 15.5. The summed E-state index contributed by atoms with van der Waals surface area (Å²) in [5.41, 5.74) is 1.26. The number of fused-ring (bicyclic) bond motifs is 2. The van der Waals surface area contributed by atoms with Crippen molar-refractivity contribution in [3.63, 3.8) is 0 Å². The normalized spacial score (nSPS) is 14.3. The molecule has 164 valence electrons. The summed E-state index contributed by atoms with van der Waals surface area (Å²) in [6.07, 6.45) is 1.50. The molecule has 9 heteroatoms. The second-order valence-electron chi connectivity index (χ2n) is 7.68. The summed E-state index contributed by atoms with van der Waals surface area (Å²) in [4.78, 5) is 38.9. The van der Waals surface area contributed by atoms with Gasteiger partial charge in [0.2, 0.25) is 5.43 Å². The Kier molecular flexibility index (Phi) is 5.26. The van der Waals surface area contributed by atoms with E-state index in [0.29, 0.717) is 11.0 Å². The summed E-state index contributed by atoms with van der Waals surface area (Å²) in [6, 6.07) is 11.8. The Morgan fingerprint density at radius 1 is 1.06 bits per heavy atom. The van der Waals surface area contributed by atoms with E-state index in [1.54, 1.807) is 35.9 Å². The molecule has 1 aliphatic heterocycles. The number of hydrogen-bond acceptors (Lipinski definition) is 8. The Balaban J connectivity index is 1.37. The third-order valence-electron chi connectivity index (χ3n) is 5.66. The second-order valence-corrected chi connectivity index (χ2v) is 8.69. The summed E-state index contributed by atoms with van der Waals surface area (Å²) in [5, 5.41) is 1.46. The van der Waals surface area contributed by atoms with Gasteiger partial charge in [-0.3, -0.25) is 4.79 Å². The minimum Gasteiger partial charge on any atom is -0.462 e. The van der Waals surface area contributed by atoms with Crippen LogP contribution in [0.15, 0.2) is 47.4 Å². The van der Waals surface area contributed by atoms with Crippen LogP contribution in [-0.2, 0) is 11.8 Å². The lowest BCUT2D eigenvalue weighted by Crippen LogP contribution is -2.46. The molecule has 4 aromatic rings. The fourth-order valence-electron chi connectivity index (χ4n) is 4.00. The molecule has 1 saturated heterocycles. The Morgan fingerprint density at radius 3 is 2.56 bits per heavy atom. The van der Waals surface area contributed by atoms with Crippen LogP contribution in [0.2, 0.25) is 0 Å². The number of benzene rings is 1. The fourth-order valence-corrected chi connectivity index (χ4v) is 5.01. The Bertz CT molecular complexity index is 1340. The molecule has 0 N–H and O–H groups in total. The van der Waals surface area contributed by atoms with Crippen LogP contribution >= 0.6 is 11.3 Å². The summed E-state index contributed by atoms with van der Waals surface area (Å²) >= 11 is 1.72. The van der Waals surface area contributed by atoms with E-state index in [9.17, 15) is 9.59 Å². The van der Waals surface area contributed by atoms with E-state index < -0.39 is 5.97 Å². The molecule has 0 saturated carbocycles. The Morgan fingerprint density at radius 2 is 1.81 bits per heavy atom. The number of carbonyl (C=O) groups excluding carboxylic acids is 1. The third kappa shape index (κ3) is 3.58. The standard InChI is InChI=1S/C23H23N5O3S/c1-3-31-22(30)16-14-26(2)21-15(20(16)29)8-9-19(25-21)27-10-12-28(13-11-27)23-24-17-6-4-5-7-18(17)32-23/h4-9,14H,3,10-13H2,1-2H3. The SMILES string of the molecule is CCOC(=O)c1cn(C)c2nc(N3CCN(c4nc5ccccc5s4)CC3)ccc2c1=O. The van der Waals surface area contributed by atoms with Crippen LogP contribution in [0.5, 0.6) is 0 Å². The molecule has 0 atom stereocenters. The van der Waals surface area contributed by atoms with E-state index in [2.05, 4.69) is 15.9 Å². The first-order valence-electron chi connectivity index (χ1n) is 10.6. The molecule has 4 heterocycles. The van der Waals surface area contributed by atoms with Gasteiger partial charge in [0.1, 0.15) is 17.0 Å². The minimum absolute atomic E-state index is 0.0286. The van der Waals surface area contributed by atoms with E-state index in [4.69, 9.17) is 14.7 Å². The Hall–Kier alpha value is -3.46. The highest BCUT2D eigenvalue weighted by atomic mass is 32.1. The maximum Gasteiger partial charge on any atom is 0.343 e. The highest BCUT2D eigenvalue weighted by molar-refractivity contribution is 7.22. The molecule has 1 aliphatic rings. The van der Waals surface area contributed by atoms with Gasteiger partial charge in [0.15, 0.2) is 5.13 Å². The van der Waals surface area contributed by atoms with E-state index in [1.165, 1.54) is 10.9 Å². The van der Waals surface area contributed by atoms with E-state index in [1.807, 2.05) is 24.3 Å². The molecule has 0 radical (unpaired) electrons. The van der Waals surface area contributed by atoms with Gasteiger partial charge in [0, 0.05) is 39.4 Å². The predicted molar refractivity (Wildman–Crippen MR) is 127 cm³/mol. The number of thiazole rings is 1. The zero-order chi connectivity index (χ0) is 22.2. The number of pyridine rings is 2. The molecule has 8 nitrogen and oxygen atoms in total. The number of anilines is 2. The first-order valence-corrected chi connectivity index (χ1v) is 11.4. The van der Waals surface area contributed by atoms with Gasteiger partial charge in [-0.2, -0.15) is 0 Å². The van der Waals surface area contributed by atoms with Crippen LogP contribution in [-0.4, -0.2) is 53.3 Å². The molecule has 0 spiro atoms. The molecule has 32 heavy (non-hydrogen) atoms. The van der Waals surface area contributed by atoms with Crippen molar-refractivity contribution < 1.29 is 9.53 Å². The van der Waals surface area contributed by atoms with Crippen LogP contribution in [0, 0.1) is 0 Å². The number of rotatable bonds is 4. The average molecular weight is 450 g/mol. The smallest absolute Gasteiger partial charge is 0.343 e. The molecule has 0 unspecified atom stereocenters. The molecule has 0 aliphatic carbocycles. The van der Waals surface area contributed by atoms with Crippen molar-refractivity contribution in [2.45, 2.75) is 6.92 Å². The highest BCUT2D eigenvalue weighted by Gasteiger charge is 2.22. The first kappa shape index (κ1) is 20.4. The van der Waals surface area contributed by atoms with Gasteiger partial charge < -0.3 is 19.1 Å². The zero-order valence-electron chi connectivity index (χ0n) is 17.9. The van der Waals surface area contributed by atoms with Gasteiger partial charge in [-0.05, 0) is 31.2 Å². The van der Waals surface area contributed by atoms with Crippen molar-refractivity contribution in [2.24, 2.45) is 7.05 Å². The van der Waals surface area contributed by atoms with Crippen molar-refractivity contribution in [3.8, 4) is 0 Å². The zero-order valence-corrected chi connectivity index (χ0v) is 18.8. The van der Waals surface area contributed by atoms with Gasteiger partial charge in [-0.25, -0.2) is 14.8 Å². The number of aromatic nitrogens is 3. The number of piperazine rings is 1. The van der Waals surface area contributed by atoms with Gasteiger partial charge in [0.05, 0.1) is 22.2 Å². The largest absolute Gasteiger partial charge is 0.462 e. The number of para-hydroxylation sites is 1. The van der Waals surface area contributed by atoms with Crippen molar-refractivity contribution in [3.05, 3.63) is 58.4 Å². The van der Waals surface area contributed by atoms with E-state index >= 15 is 0 Å². The van der Waals surface area contributed by atoms with E-state index in [0.717, 1.165) is 42.6 Å². The second kappa shape index (κ2) is 8.23. The Labute approximate surface area is 188 Å². The quantitative estimate of drug-likeness (QED) is 0.443. The van der Waals surface area contributed by atoms with Crippen molar-refractivity contribution in [1.82, 2.24) is 14.5 Å². The van der Waals surface area contributed by atoms with Gasteiger partial charge in [-0.1, -0.05) is 23.5 Å². The summed E-state index contributed by atoms with van der Waals surface area (Å²) in [6.45, 7) is 5.25. The lowest BCUT2D eigenvalue weighted by Gasteiger charge is -2.35. The van der Waals surface area contributed by atoms with Crippen molar-refractivity contribution >= 4 is 49.5 Å². The number of esters is 1. The predicted octanol–water partition coefficient (Wildman–Crippen LogP) is 3.05. The fraction of sp³-hybridized carbons (Fsp3) is 0.304. The average Bonchev–Trinajstić information content (AvgIpc) is 3.26. The molecule has 5 rings (SSSR count). The van der Waals surface area contributed by atoms with Crippen LogP contribution in [0.3, 0.4) is 0 Å². The monoisotopic (exact) mass is 449 g/mol. The van der Waals surface area contributed by atoms with Gasteiger partial charge in [0.25, 0.3) is 0 Å². The number of hydrogen-bond donors (Lipinski definition) is 0. The van der Waals surface area contributed by atoms with Crippen LogP contribution in [0.25, 0.3) is 21.3 Å². The molecule has 1 aromatic carbocycles. The van der Waals surface area contributed by atoms with Crippen LogP contribution in [0.4, 0.5) is 10.9 Å². The highest BCUT2D eigenvalue weighted by Crippen LogP contribution is 2.29. The summed E-state index contributed by atoms with van der Waals surface area (Å²) in [5.74, 6) is 0.213. The maximum atomic E-state index is 12.8. The minimum atomic E-state index is -0.606. The molecule has 0 bridgehead atoms. The summed E-state index contributed by atoms with van der Waals surface area (Å²) in [7, 11) is 1.78. The summed E-state index contributed by atoms with van der Waals surface area (Å²) < 4.78 is 7.92. The molecular formula is C23H23N5O3S. The maximum absolute atomic E-state index is 12.8. The lowest BCUT2D eigenvalue weighted by atomic mass is 10.2. The number of nitrogens with zero attached hydrogens (tertiary/aromatic N) is 5. The topological polar surface area (TPSA) is 80.6 Å². The lowest BCUT2D eigenvalue weighted by molar-refractivity contribution is 0.0524. The van der Waals surface area contributed by atoms with Gasteiger partial charge in [-0.15, -0.1) is 0 Å². The number of aryl methyl sites for hydroxylation is 1.